The lowest BCUT2D eigenvalue weighted by atomic mass is 10.2. The number of thiazole rings is 1. The second-order valence-electron chi connectivity index (χ2n) is 3.75. The number of nitrogens with zero attached hydrogens (tertiary/aromatic N) is 4. The van der Waals surface area contributed by atoms with Crippen molar-refractivity contribution in [3.05, 3.63) is 45.7 Å². The first-order valence-electron chi connectivity index (χ1n) is 5.21. The van der Waals surface area contributed by atoms with Gasteiger partial charge in [0.25, 0.3) is 5.69 Å². The number of aromatic nitrogens is 3. The summed E-state index contributed by atoms with van der Waals surface area (Å²) in [7, 11) is 0. The summed E-state index contributed by atoms with van der Waals surface area (Å²) in [6.07, 6.45) is 3.26. The third-order valence-corrected chi connectivity index (χ3v) is 3.47. The molecule has 2 aromatic heterocycles. The molecular formula is C11H8N4O2S. The molecule has 6 nitrogen and oxygen atoms in total. The number of nitro groups is 1. The van der Waals surface area contributed by atoms with Gasteiger partial charge in [0.15, 0.2) is 0 Å². The van der Waals surface area contributed by atoms with Crippen LogP contribution >= 0.6 is 11.3 Å². The van der Waals surface area contributed by atoms with Crippen molar-refractivity contribution in [2.24, 2.45) is 0 Å². The second-order valence-corrected chi connectivity index (χ2v) is 4.98. The molecule has 0 N–H and O–H groups in total. The van der Waals surface area contributed by atoms with Gasteiger partial charge in [-0.05, 0) is 19.1 Å². The SMILES string of the molecule is Cc1nc2cc(-n3cccn3)c([N+](=O)[O-])cc2s1. The van der Waals surface area contributed by atoms with Gasteiger partial charge >= 0.3 is 0 Å². The van der Waals surface area contributed by atoms with Crippen LogP contribution < -0.4 is 0 Å². The lowest BCUT2D eigenvalue weighted by Gasteiger charge is -2.02. The van der Waals surface area contributed by atoms with Crippen LogP contribution in [0.4, 0.5) is 5.69 Å². The first-order valence-corrected chi connectivity index (χ1v) is 6.02. The van der Waals surface area contributed by atoms with Gasteiger partial charge in [0.1, 0.15) is 5.69 Å². The summed E-state index contributed by atoms with van der Waals surface area (Å²) in [5.74, 6) is 0. The van der Waals surface area contributed by atoms with Gasteiger partial charge in [0.05, 0.1) is 20.1 Å². The summed E-state index contributed by atoms with van der Waals surface area (Å²) < 4.78 is 2.29. The lowest BCUT2D eigenvalue weighted by Crippen LogP contribution is -2.00. The molecule has 90 valence electrons. The van der Waals surface area contributed by atoms with Crippen molar-refractivity contribution >= 4 is 27.2 Å². The molecule has 1 aromatic carbocycles. The van der Waals surface area contributed by atoms with E-state index in [2.05, 4.69) is 10.1 Å². The molecule has 18 heavy (non-hydrogen) atoms. The van der Waals surface area contributed by atoms with Crippen LogP contribution in [-0.2, 0) is 0 Å². The molecule has 0 aliphatic carbocycles. The zero-order valence-corrected chi connectivity index (χ0v) is 10.2. The van der Waals surface area contributed by atoms with E-state index in [0.29, 0.717) is 5.69 Å². The summed E-state index contributed by atoms with van der Waals surface area (Å²) in [5, 5.41) is 16.0. The predicted molar refractivity (Wildman–Crippen MR) is 68.1 cm³/mol. The standard InChI is InChI=1S/C11H8N4O2S/c1-7-13-8-5-9(14-4-2-3-12-14)10(15(16)17)6-11(8)18-7/h2-6H,1H3. The fraction of sp³-hybridized carbons (Fsp3) is 0.0909. The quantitative estimate of drug-likeness (QED) is 0.524. The molecule has 3 rings (SSSR count). The first-order chi connectivity index (χ1) is 8.65. The number of rotatable bonds is 2. The fourth-order valence-electron chi connectivity index (χ4n) is 1.81. The van der Waals surface area contributed by atoms with E-state index >= 15 is 0 Å². The third kappa shape index (κ3) is 1.65. The van der Waals surface area contributed by atoms with Crippen LogP contribution in [0, 0.1) is 17.0 Å². The summed E-state index contributed by atoms with van der Waals surface area (Å²) in [6, 6.07) is 4.97. The predicted octanol–water partition coefficient (Wildman–Crippen LogP) is 2.70. The zero-order chi connectivity index (χ0) is 12.7. The molecule has 0 spiro atoms. The van der Waals surface area contributed by atoms with Gasteiger partial charge in [0, 0.05) is 18.5 Å². The topological polar surface area (TPSA) is 73.8 Å². The highest BCUT2D eigenvalue weighted by atomic mass is 32.1. The van der Waals surface area contributed by atoms with Crippen LogP contribution in [0.5, 0.6) is 0 Å². The minimum Gasteiger partial charge on any atom is -0.258 e. The third-order valence-electron chi connectivity index (χ3n) is 2.54. The largest absolute Gasteiger partial charge is 0.296 e. The molecule has 0 fully saturated rings. The average molecular weight is 260 g/mol. The Labute approximate surface area is 106 Å². The summed E-state index contributed by atoms with van der Waals surface area (Å²) in [6.45, 7) is 1.88. The van der Waals surface area contributed by atoms with Gasteiger partial charge < -0.3 is 0 Å². The summed E-state index contributed by atoms with van der Waals surface area (Å²) >= 11 is 1.44. The number of aryl methyl sites for hydroxylation is 1. The first kappa shape index (κ1) is 10.8. The average Bonchev–Trinajstić information content (AvgIpc) is 2.93. The minimum atomic E-state index is -0.397. The van der Waals surface area contributed by atoms with E-state index in [-0.39, 0.29) is 5.69 Å². The van der Waals surface area contributed by atoms with Crippen LogP contribution in [0.1, 0.15) is 5.01 Å². The van der Waals surface area contributed by atoms with E-state index in [0.717, 1.165) is 15.2 Å². The van der Waals surface area contributed by atoms with Crippen LogP contribution in [-0.4, -0.2) is 19.7 Å². The maximum Gasteiger partial charge on any atom is 0.296 e. The molecule has 0 radical (unpaired) electrons. The Morgan fingerprint density at radius 1 is 1.44 bits per heavy atom. The summed E-state index contributed by atoms with van der Waals surface area (Å²) in [4.78, 5) is 15.1. The normalized spacial score (nSPS) is 10.9. The molecule has 2 heterocycles. The Morgan fingerprint density at radius 2 is 2.28 bits per heavy atom. The number of hydrogen-bond acceptors (Lipinski definition) is 5. The smallest absolute Gasteiger partial charge is 0.258 e. The van der Waals surface area contributed by atoms with Crippen molar-refractivity contribution in [2.75, 3.05) is 0 Å². The molecule has 0 saturated carbocycles. The van der Waals surface area contributed by atoms with E-state index in [1.165, 1.54) is 16.0 Å². The van der Waals surface area contributed by atoms with E-state index in [9.17, 15) is 10.1 Å². The molecule has 0 bridgehead atoms. The Bertz CT molecular complexity index is 733. The monoisotopic (exact) mass is 260 g/mol. The number of hydrogen-bond donors (Lipinski definition) is 0. The van der Waals surface area contributed by atoms with E-state index in [1.54, 1.807) is 30.6 Å². The molecule has 0 aliphatic rings. The second kappa shape index (κ2) is 3.88. The molecule has 0 aliphatic heterocycles. The highest BCUT2D eigenvalue weighted by Crippen LogP contribution is 2.31. The highest BCUT2D eigenvalue weighted by Gasteiger charge is 2.18. The van der Waals surface area contributed by atoms with E-state index in [4.69, 9.17) is 0 Å². The number of benzene rings is 1. The van der Waals surface area contributed by atoms with Crippen LogP contribution in [0.15, 0.2) is 30.6 Å². The Morgan fingerprint density at radius 3 is 2.94 bits per heavy atom. The van der Waals surface area contributed by atoms with E-state index in [1.807, 2.05) is 6.92 Å². The Hall–Kier alpha value is -2.28. The highest BCUT2D eigenvalue weighted by molar-refractivity contribution is 7.18. The minimum absolute atomic E-state index is 0.0369. The molecule has 0 amide bonds. The zero-order valence-electron chi connectivity index (χ0n) is 9.40. The van der Waals surface area contributed by atoms with Gasteiger partial charge in [-0.25, -0.2) is 9.67 Å². The summed E-state index contributed by atoms with van der Waals surface area (Å²) in [5.41, 5.74) is 1.23. The van der Waals surface area contributed by atoms with Crippen molar-refractivity contribution < 1.29 is 4.92 Å². The maximum absolute atomic E-state index is 11.1. The van der Waals surface area contributed by atoms with Gasteiger partial charge in [0.2, 0.25) is 0 Å². The molecule has 0 atom stereocenters. The van der Waals surface area contributed by atoms with Crippen molar-refractivity contribution in [1.82, 2.24) is 14.8 Å². The Balaban J connectivity index is 2.33. The van der Waals surface area contributed by atoms with Crippen LogP contribution in [0.25, 0.3) is 15.9 Å². The van der Waals surface area contributed by atoms with Crippen LogP contribution in [0.2, 0.25) is 0 Å². The van der Waals surface area contributed by atoms with Crippen molar-refractivity contribution in [3.63, 3.8) is 0 Å². The van der Waals surface area contributed by atoms with E-state index < -0.39 is 4.92 Å². The molecule has 0 unspecified atom stereocenters. The van der Waals surface area contributed by atoms with Crippen molar-refractivity contribution in [1.29, 1.82) is 0 Å². The molecule has 0 saturated heterocycles. The van der Waals surface area contributed by atoms with Crippen LogP contribution in [0.3, 0.4) is 0 Å². The van der Waals surface area contributed by atoms with Gasteiger partial charge in [-0.1, -0.05) is 0 Å². The van der Waals surface area contributed by atoms with Crippen molar-refractivity contribution in [2.45, 2.75) is 6.92 Å². The Kier molecular flexibility index (Phi) is 2.34. The van der Waals surface area contributed by atoms with Crippen molar-refractivity contribution in [3.8, 4) is 5.69 Å². The fourth-order valence-corrected chi connectivity index (χ4v) is 2.65. The number of nitro benzene ring substituents is 1. The molecule has 7 heteroatoms. The van der Waals surface area contributed by atoms with Gasteiger partial charge in [-0.15, -0.1) is 11.3 Å². The maximum atomic E-state index is 11.1. The van der Waals surface area contributed by atoms with Gasteiger partial charge in [-0.3, -0.25) is 10.1 Å². The molecule has 3 aromatic rings. The molecular weight excluding hydrogens is 252 g/mol. The lowest BCUT2D eigenvalue weighted by molar-refractivity contribution is -0.384. The number of fused-ring (bicyclic) bond motifs is 1. The van der Waals surface area contributed by atoms with Gasteiger partial charge in [-0.2, -0.15) is 5.10 Å².